The number of fused-ring (bicyclic) bond motifs is 3. The number of hydrogen-bond donors (Lipinski definition) is 0. The highest BCUT2D eigenvalue weighted by Crippen LogP contribution is 2.35. The first-order valence-electron chi connectivity index (χ1n) is 9.09. The molecule has 2 fully saturated rings. The van der Waals surface area contributed by atoms with Crippen LogP contribution < -0.4 is 4.90 Å². The van der Waals surface area contributed by atoms with Gasteiger partial charge in [-0.1, -0.05) is 19.0 Å². The van der Waals surface area contributed by atoms with Gasteiger partial charge in [0.1, 0.15) is 5.82 Å². The van der Waals surface area contributed by atoms with Crippen molar-refractivity contribution in [2.24, 2.45) is 0 Å². The van der Waals surface area contributed by atoms with Gasteiger partial charge in [-0.25, -0.2) is 4.98 Å². The fraction of sp³-hybridized carbons (Fsp3) is 0.588. The maximum absolute atomic E-state index is 5.42. The van der Waals surface area contributed by atoms with E-state index in [4.69, 9.17) is 4.52 Å². The fourth-order valence-corrected chi connectivity index (χ4v) is 4.07. The van der Waals surface area contributed by atoms with E-state index in [-0.39, 0.29) is 5.92 Å². The number of rotatable bonds is 4. The lowest BCUT2D eigenvalue weighted by molar-refractivity contribution is 0.199. The van der Waals surface area contributed by atoms with Crippen LogP contribution in [0.5, 0.6) is 0 Å². The zero-order chi connectivity index (χ0) is 17.8. The van der Waals surface area contributed by atoms with Gasteiger partial charge in [0, 0.05) is 43.5 Å². The van der Waals surface area contributed by atoms with E-state index in [2.05, 4.69) is 49.0 Å². The summed E-state index contributed by atoms with van der Waals surface area (Å²) in [6, 6.07) is 0.906. The topological polar surface area (TPSA) is 88.5 Å². The molecule has 3 aromatic heterocycles. The van der Waals surface area contributed by atoms with Gasteiger partial charge >= 0.3 is 0 Å². The van der Waals surface area contributed by atoms with Crippen molar-refractivity contribution in [3.8, 4) is 0 Å². The number of nitrogens with zero attached hydrogens (tertiary/aromatic N) is 8. The Kier molecular flexibility index (Phi) is 3.46. The Labute approximate surface area is 151 Å². The van der Waals surface area contributed by atoms with Crippen LogP contribution in [0.3, 0.4) is 0 Å². The molecule has 2 aliphatic rings. The van der Waals surface area contributed by atoms with Gasteiger partial charge in [-0.05, 0) is 13.3 Å². The molecular formula is C17H22N8O. The second-order valence-electron chi connectivity index (χ2n) is 7.52. The molecule has 5 rings (SSSR count). The van der Waals surface area contributed by atoms with Gasteiger partial charge in [-0.15, -0.1) is 10.2 Å². The van der Waals surface area contributed by atoms with Gasteiger partial charge in [-0.2, -0.15) is 4.98 Å². The van der Waals surface area contributed by atoms with Crippen molar-refractivity contribution in [2.75, 3.05) is 18.0 Å². The Bertz CT molecular complexity index is 947. The lowest BCUT2D eigenvalue weighted by atomic mass is 10.2. The fourth-order valence-electron chi connectivity index (χ4n) is 4.07. The molecule has 9 heteroatoms. The number of aromatic nitrogens is 6. The minimum Gasteiger partial charge on any atom is -0.348 e. The van der Waals surface area contributed by atoms with Crippen LogP contribution >= 0.6 is 0 Å². The van der Waals surface area contributed by atoms with Crippen molar-refractivity contribution < 1.29 is 4.52 Å². The highest BCUT2D eigenvalue weighted by atomic mass is 16.5. The molecule has 9 nitrogen and oxygen atoms in total. The van der Waals surface area contributed by atoms with E-state index in [9.17, 15) is 0 Å². The number of hydrogen-bond acceptors (Lipinski definition) is 8. The smallest absolute Gasteiger partial charge is 0.240 e. The first-order chi connectivity index (χ1) is 12.6. The van der Waals surface area contributed by atoms with Crippen molar-refractivity contribution in [1.29, 1.82) is 0 Å². The quantitative estimate of drug-likeness (QED) is 0.695. The van der Waals surface area contributed by atoms with Crippen molar-refractivity contribution >= 4 is 11.5 Å². The van der Waals surface area contributed by atoms with Gasteiger partial charge < -0.3 is 9.42 Å². The molecule has 0 aliphatic carbocycles. The first-order valence-corrected chi connectivity index (χ1v) is 9.09. The Hall–Kier alpha value is -2.55. The molecule has 0 radical (unpaired) electrons. The average molecular weight is 354 g/mol. The van der Waals surface area contributed by atoms with Crippen molar-refractivity contribution in [3.05, 3.63) is 29.9 Å². The molecule has 0 spiro atoms. The summed E-state index contributed by atoms with van der Waals surface area (Å²) in [5.41, 5.74) is 0.836. The number of aryl methyl sites for hydroxylation is 1. The summed E-state index contributed by atoms with van der Waals surface area (Å²) in [5, 5.41) is 12.6. The monoisotopic (exact) mass is 354 g/mol. The molecule has 0 amide bonds. The summed E-state index contributed by atoms with van der Waals surface area (Å²) in [7, 11) is 0. The van der Waals surface area contributed by atoms with Crippen LogP contribution in [0.15, 0.2) is 16.9 Å². The van der Waals surface area contributed by atoms with Gasteiger partial charge in [0.2, 0.25) is 11.5 Å². The second kappa shape index (κ2) is 5.73. The third kappa shape index (κ3) is 2.38. The SMILES string of the molecule is Cc1nnc2c(N3CC4CC3CN4Cc3nc(C(C)C)no3)nccn12. The molecule has 136 valence electrons. The molecule has 2 saturated heterocycles. The third-order valence-corrected chi connectivity index (χ3v) is 5.44. The Morgan fingerprint density at radius 2 is 2.12 bits per heavy atom. The minimum absolute atomic E-state index is 0.288. The average Bonchev–Trinajstić information content (AvgIpc) is 3.39. The zero-order valence-electron chi connectivity index (χ0n) is 15.2. The molecule has 2 bridgehead atoms. The minimum atomic E-state index is 0.288. The molecular weight excluding hydrogens is 332 g/mol. The van der Waals surface area contributed by atoms with Gasteiger partial charge in [0.15, 0.2) is 11.6 Å². The van der Waals surface area contributed by atoms with E-state index in [0.717, 1.165) is 49.2 Å². The molecule has 5 heterocycles. The van der Waals surface area contributed by atoms with Gasteiger partial charge in [-0.3, -0.25) is 9.30 Å². The van der Waals surface area contributed by atoms with Crippen LogP contribution in [0.1, 0.15) is 43.7 Å². The summed E-state index contributed by atoms with van der Waals surface area (Å²) in [6.07, 6.45) is 4.87. The number of piperazine rings is 1. The second-order valence-corrected chi connectivity index (χ2v) is 7.52. The van der Waals surface area contributed by atoms with E-state index < -0.39 is 0 Å². The maximum atomic E-state index is 5.42. The highest BCUT2D eigenvalue weighted by Gasteiger charge is 2.44. The number of likely N-dealkylation sites (tertiary alicyclic amines) is 1. The lowest BCUT2D eigenvalue weighted by Gasteiger charge is -2.34. The predicted octanol–water partition coefficient (Wildman–Crippen LogP) is 1.40. The molecule has 2 unspecified atom stereocenters. The summed E-state index contributed by atoms with van der Waals surface area (Å²) >= 11 is 0. The summed E-state index contributed by atoms with van der Waals surface area (Å²) in [6.45, 7) is 8.73. The van der Waals surface area contributed by atoms with E-state index in [0.29, 0.717) is 18.0 Å². The van der Waals surface area contributed by atoms with E-state index in [1.54, 1.807) is 0 Å². The van der Waals surface area contributed by atoms with Crippen molar-refractivity contribution in [2.45, 2.75) is 51.7 Å². The Morgan fingerprint density at radius 1 is 1.23 bits per heavy atom. The lowest BCUT2D eigenvalue weighted by Crippen LogP contribution is -2.46. The van der Waals surface area contributed by atoms with Crippen LogP contribution in [0.2, 0.25) is 0 Å². The highest BCUT2D eigenvalue weighted by molar-refractivity contribution is 5.65. The molecule has 2 atom stereocenters. The van der Waals surface area contributed by atoms with Crippen LogP contribution in [-0.4, -0.2) is 59.8 Å². The van der Waals surface area contributed by atoms with Gasteiger partial charge in [0.25, 0.3) is 0 Å². The van der Waals surface area contributed by atoms with Crippen LogP contribution in [-0.2, 0) is 6.54 Å². The Balaban J connectivity index is 1.33. The van der Waals surface area contributed by atoms with Crippen LogP contribution in [0.25, 0.3) is 5.65 Å². The summed E-state index contributed by atoms with van der Waals surface area (Å²) in [4.78, 5) is 13.9. The van der Waals surface area contributed by atoms with E-state index in [1.165, 1.54) is 0 Å². The zero-order valence-corrected chi connectivity index (χ0v) is 15.2. The summed E-state index contributed by atoms with van der Waals surface area (Å²) < 4.78 is 7.42. The molecule has 0 aromatic carbocycles. The van der Waals surface area contributed by atoms with Gasteiger partial charge in [0.05, 0.1) is 6.54 Å². The van der Waals surface area contributed by atoms with Crippen LogP contribution in [0.4, 0.5) is 5.82 Å². The first kappa shape index (κ1) is 15.7. The van der Waals surface area contributed by atoms with E-state index >= 15 is 0 Å². The molecule has 26 heavy (non-hydrogen) atoms. The standard InChI is InChI=1S/C17H22N8O/c1-10(2)15-19-14(26-22-15)9-23-7-13-6-12(23)8-25(13)16-17-21-20-11(3)24(17)5-4-18-16/h4-5,10,12-13H,6-9H2,1-3H3. The van der Waals surface area contributed by atoms with E-state index in [1.807, 2.05) is 23.7 Å². The predicted molar refractivity (Wildman–Crippen MR) is 93.9 cm³/mol. The van der Waals surface area contributed by atoms with Crippen LogP contribution in [0, 0.1) is 6.92 Å². The Morgan fingerprint density at radius 3 is 2.85 bits per heavy atom. The maximum Gasteiger partial charge on any atom is 0.240 e. The largest absolute Gasteiger partial charge is 0.348 e. The molecule has 2 aliphatic heterocycles. The molecule has 3 aromatic rings. The van der Waals surface area contributed by atoms with Crippen molar-refractivity contribution in [1.82, 2.24) is 34.6 Å². The van der Waals surface area contributed by atoms with Crippen molar-refractivity contribution in [3.63, 3.8) is 0 Å². The normalized spacial score (nSPS) is 23.0. The molecule has 0 N–H and O–H groups in total. The number of anilines is 1. The third-order valence-electron chi connectivity index (χ3n) is 5.44. The summed E-state index contributed by atoms with van der Waals surface area (Å²) in [5.74, 6) is 3.59. The molecule has 0 saturated carbocycles.